The minimum Gasteiger partial charge on any atom is -0.481 e. The monoisotopic (exact) mass is 164 g/mol. The highest BCUT2D eigenvalue weighted by Crippen LogP contribution is 2.07. The van der Waals surface area contributed by atoms with E-state index in [1.165, 1.54) is 11.8 Å². The molecule has 0 aliphatic carbocycles. The molecule has 0 amide bonds. The Kier molecular flexibility index (Phi) is 5.43. The van der Waals surface area contributed by atoms with E-state index in [0.717, 1.165) is 0 Å². The second-order valence-electron chi connectivity index (χ2n) is 2.02. The molecule has 0 saturated heterocycles. The molecule has 4 heteroatoms. The third-order valence-electron chi connectivity index (χ3n) is 0.991. The van der Waals surface area contributed by atoms with Crippen molar-refractivity contribution >= 4 is 17.7 Å². The van der Waals surface area contributed by atoms with Crippen molar-refractivity contribution in [3.8, 4) is 0 Å². The van der Waals surface area contributed by atoms with Crippen molar-refractivity contribution in [3.63, 3.8) is 0 Å². The number of hydrogen-bond acceptors (Lipinski definition) is 3. The molecular formula is C6H12O3S. The first kappa shape index (κ1) is 9.78. The molecule has 10 heavy (non-hydrogen) atoms. The lowest BCUT2D eigenvalue weighted by atomic mass is 10.2. The number of ether oxygens (including phenoxy) is 1. The summed E-state index contributed by atoms with van der Waals surface area (Å²) in [7, 11) is 1.60. The summed E-state index contributed by atoms with van der Waals surface area (Å²) in [5.41, 5.74) is 0. The number of rotatable bonds is 5. The predicted molar refractivity (Wildman–Crippen MR) is 41.1 cm³/mol. The molecule has 0 spiro atoms. The summed E-state index contributed by atoms with van der Waals surface area (Å²) in [5.74, 6) is 0.157. The maximum Gasteiger partial charge on any atom is 0.307 e. The Morgan fingerprint density at radius 1 is 1.80 bits per heavy atom. The van der Waals surface area contributed by atoms with Gasteiger partial charge in [0.2, 0.25) is 0 Å². The van der Waals surface area contributed by atoms with Gasteiger partial charge in [0.25, 0.3) is 0 Å². The van der Waals surface area contributed by atoms with Gasteiger partial charge in [-0.05, 0) is 0 Å². The summed E-state index contributed by atoms with van der Waals surface area (Å²) in [6, 6.07) is 0. The molecule has 1 unspecified atom stereocenters. The normalized spacial score (nSPS) is 13.0. The molecule has 3 nitrogen and oxygen atoms in total. The van der Waals surface area contributed by atoms with E-state index < -0.39 is 5.97 Å². The largest absolute Gasteiger partial charge is 0.481 e. The van der Waals surface area contributed by atoms with Crippen LogP contribution >= 0.6 is 11.8 Å². The molecule has 0 aliphatic rings. The van der Waals surface area contributed by atoms with Gasteiger partial charge in [0.05, 0.1) is 11.9 Å². The van der Waals surface area contributed by atoms with E-state index in [1.54, 1.807) is 14.0 Å². The van der Waals surface area contributed by atoms with Crippen LogP contribution in [0.4, 0.5) is 0 Å². The lowest BCUT2D eigenvalue weighted by Crippen LogP contribution is -2.12. The van der Waals surface area contributed by atoms with Crippen LogP contribution in [0.5, 0.6) is 0 Å². The Bertz CT molecular complexity index is 105. The molecule has 0 radical (unpaired) electrons. The van der Waals surface area contributed by atoms with Gasteiger partial charge < -0.3 is 9.84 Å². The van der Waals surface area contributed by atoms with Gasteiger partial charge in [-0.1, -0.05) is 6.92 Å². The van der Waals surface area contributed by atoms with Crippen LogP contribution in [0.3, 0.4) is 0 Å². The third-order valence-corrected chi connectivity index (χ3v) is 2.13. The second-order valence-corrected chi connectivity index (χ2v) is 2.99. The number of carbonyl (C=O) groups is 1. The van der Waals surface area contributed by atoms with Gasteiger partial charge in [-0.15, -0.1) is 11.8 Å². The molecule has 0 fully saturated rings. The van der Waals surface area contributed by atoms with Gasteiger partial charge in [-0.2, -0.15) is 0 Å². The Morgan fingerprint density at radius 3 is 2.80 bits per heavy atom. The van der Waals surface area contributed by atoms with E-state index in [-0.39, 0.29) is 5.92 Å². The molecule has 60 valence electrons. The van der Waals surface area contributed by atoms with Gasteiger partial charge in [-0.25, -0.2) is 0 Å². The fourth-order valence-corrected chi connectivity index (χ4v) is 1.14. The molecule has 0 saturated carbocycles. The quantitative estimate of drug-likeness (QED) is 0.487. The van der Waals surface area contributed by atoms with E-state index in [2.05, 4.69) is 0 Å². The van der Waals surface area contributed by atoms with E-state index in [0.29, 0.717) is 11.7 Å². The molecule has 1 atom stereocenters. The molecule has 0 aromatic rings. The lowest BCUT2D eigenvalue weighted by molar-refractivity contribution is -0.140. The molecule has 0 aromatic heterocycles. The minimum absolute atomic E-state index is 0.278. The number of carboxylic acids is 1. The van der Waals surface area contributed by atoms with E-state index in [1.807, 2.05) is 0 Å². The first-order chi connectivity index (χ1) is 4.68. The van der Waals surface area contributed by atoms with Gasteiger partial charge in [0, 0.05) is 12.9 Å². The molecular weight excluding hydrogens is 152 g/mol. The van der Waals surface area contributed by atoms with Crippen LogP contribution in [-0.4, -0.2) is 29.9 Å². The maximum atomic E-state index is 10.2. The molecule has 0 heterocycles. The fraction of sp³-hybridized carbons (Fsp3) is 0.833. The standard InChI is InChI=1S/C6H12O3S/c1-5(6(7)8)3-10-4-9-2/h5H,3-4H2,1-2H3,(H,7,8). The van der Waals surface area contributed by atoms with Crippen LogP contribution in [0.15, 0.2) is 0 Å². The Morgan fingerprint density at radius 2 is 2.40 bits per heavy atom. The van der Waals surface area contributed by atoms with Crippen molar-refractivity contribution in [2.45, 2.75) is 6.92 Å². The molecule has 0 aromatic carbocycles. The van der Waals surface area contributed by atoms with Crippen molar-refractivity contribution in [1.82, 2.24) is 0 Å². The molecule has 0 bridgehead atoms. The first-order valence-electron chi connectivity index (χ1n) is 2.98. The molecule has 0 aliphatic heterocycles. The van der Waals surface area contributed by atoms with Gasteiger partial charge >= 0.3 is 5.97 Å². The lowest BCUT2D eigenvalue weighted by Gasteiger charge is -2.03. The summed E-state index contributed by atoms with van der Waals surface area (Å²) in [6.45, 7) is 1.69. The zero-order valence-electron chi connectivity index (χ0n) is 6.16. The first-order valence-corrected chi connectivity index (χ1v) is 4.13. The average molecular weight is 164 g/mol. The van der Waals surface area contributed by atoms with Crippen molar-refractivity contribution in [2.24, 2.45) is 5.92 Å². The Hall–Kier alpha value is -0.220. The van der Waals surface area contributed by atoms with Gasteiger partial charge in [0.1, 0.15) is 0 Å². The number of aliphatic carboxylic acids is 1. The van der Waals surface area contributed by atoms with Gasteiger partial charge in [-0.3, -0.25) is 4.79 Å². The number of thioether (sulfide) groups is 1. The van der Waals surface area contributed by atoms with Crippen LogP contribution in [0.2, 0.25) is 0 Å². The van der Waals surface area contributed by atoms with E-state index >= 15 is 0 Å². The number of methoxy groups -OCH3 is 1. The van der Waals surface area contributed by atoms with Crippen molar-refractivity contribution in [1.29, 1.82) is 0 Å². The Balaban J connectivity index is 3.21. The highest BCUT2D eigenvalue weighted by atomic mass is 32.2. The predicted octanol–water partition coefficient (Wildman–Crippen LogP) is 1.04. The van der Waals surface area contributed by atoms with Gasteiger partial charge in [0.15, 0.2) is 0 Å². The second kappa shape index (κ2) is 5.56. The smallest absolute Gasteiger partial charge is 0.307 e. The van der Waals surface area contributed by atoms with Crippen molar-refractivity contribution in [2.75, 3.05) is 18.8 Å². The number of hydrogen-bond donors (Lipinski definition) is 1. The van der Waals surface area contributed by atoms with Crippen molar-refractivity contribution in [3.05, 3.63) is 0 Å². The van der Waals surface area contributed by atoms with Crippen LogP contribution in [0.25, 0.3) is 0 Å². The highest BCUT2D eigenvalue weighted by molar-refractivity contribution is 7.99. The van der Waals surface area contributed by atoms with Crippen LogP contribution in [0, 0.1) is 5.92 Å². The summed E-state index contributed by atoms with van der Waals surface area (Å²) in [5, 5.41) is 8.43. The summed E-state index contributed by atoms with van der Waals surface area (Å²) in [6.07, 6.45) is 0. The highest BCUT2D eigenvalue weighted by Gasteiger charge is 2.09. The van der Waals surface area contributed by atoms with E-state index in [9.17, 15) is 4.79 Å². The molecule has 1 N–H and O–H groups in total. The third kappa shape index (κ3) is 4.64. The minimum atomic E-state index is -0.747. The summed E-state index contributed by atoms with van der Waals surface area (Å²) in [4.78, 5) is 10.2. The number of carboxylic acid groups (broad SMARTS) is 1. The van der Waals surface area contributed by atoms with Crippen molar-refractivity contribution < 1.29 is 14.6 Å². The SMILES string of the molecule is COCSCC(C)C(=O)O. The van der Waals surface area contributed by atoms with Crippen LogP contribution < -0.4 is 0 Å². The zero-order valence-corrected chi connectivity index (χ0v) is 6.98. The fourth-order valence-electron chi connectivity index (χ4n) is 0.380. The van der Waals surface area contributed by atoms with E-state index in [4.69, 9.17) is 9.84 Å². The topological polar surface area (TPSA) is 46.5 Å². The average Bonchev–Trinajstić information content (AvgIpc) is 1.88. The Labute approximate surface area is 64.8 Å². The van der Waals surface area contributed by atoms with Crippen LogP contribution in [-0.2, 0) is 9.53 Å². The van der Waals surface area contributed by atoms with Crippen LogP contribution in [0.1, 0.15) is 6.92 Å². The summed E-state index contributed by atoms with van der Waals surface area (Å²) >= 11 is 1.49. The zero-order chi connectivity index (χ0) is 7.98. The summed E-state index contributed by atoms with van der Waals surface area (Å²) < 4.78 is 4.74. The molecule has 0 rings (SSSR count). The maximum absolute atomic E-state index is 10.2.